The van der Waals surface area contributed by atoms with E-state index in [-0.39, 0.29) is 11.1 Å². The Morgan fingerprint density at radius 1 is 1.39 bits per heavy atom. The van der Waals surface area contributed by atoms with Gasteiger partial charge in [0, 0.05) is 11.8 Å². The first-order valence-electron chi connectivity index (χ1n) is 4.47. The monoisotopic (exact) mass is 264 g/mol. The van der Waals surface area contributed by atoms with Gasteiger partial charge in [-0.25, -0.2) is 9.78 Å². The molecule has 3 N–H and O–H groups in total. The van der Waals surface area contributed by atoms with E-state index in [0.717, 1.165) is 12.3 Å². The molecule has 0 aliphatic heterocycles. The van der Waals surface area contributed by atoms with Crippen molar-refractivity contribution < 1.29 is 33.0 Å². The van der Waals surface area contributed by atoms with Gasteiger partial charge >= 0.3 is 18.1 Å². The summed E-state index contributed by atoms with van der Waals surface area (Å²) in [7, 11) is 0. The first-order valence-corrected chi connectivity index (χ1v) is 4.47. The summed E-state index contributed by atoms with van der Waals surface area (Å²) in [5.74, 6) is -4.15. The molecule has 0 radical (unpaired) electrons. The summed E-state index contributed by atoms with van der Waals surface area (Å²) in [5.41, 5.74) is -0.545. The van der Waals surface area contributed by atoms with E-state index in [2.05, 4.69) is 4.98 Å². The Morgan fingerprint density at radius 2 is 2.00 bits per heavy atom. The van der Waals surface area contributed by atoms with Gasteiger partial charge in [0.1, 0.15) is 5.82 Å². The summed E-state index contributed by atoms with van der Waals surface area (Å²) < 4.78 is 35.9. The first kappa shape index (κ1) is 13.9. The zero-order chi connectivity index (χ0) is 13.9. The molecule has 0 aliphatic rings. The lowest BCUT2D eigenvalue weighted by atomic mass is 10.2. The summed E-state index contributed by atoms with van der Waals surface area (Å²) in [6, 6.07) is 0.918. The number of hydrogen-bond acceptors (Lipinski definition) is 4. The van der Waals surface area contributed by atoms with Crippen LogP contribution in [0, 0.1) is 0 Å². The van der Waals surface area contributed by atoms with Crippen LogP contribution in [-0.4, -0.2) is 33.2 Å². The SMILES string of the molecule is O=C(O)c1cnc(NC(=O)C(F)(F)F)c(CO)c1. The molecule has 0 atom stereocenters. The molecular weight excluding hydrogens is 257 g/mol. The largest absolute Gasteiger partial charge is 0.478 e. The van der Waals surface area contributed by atoms with Gasteiger partial charge in [0.15, 0.2) is 0 Å². The first-order chi connectivity index (χ1) is 8.25. The number of alkyl halides is 3. The highest BCUT2D eigenvalue weighted by molar-refractivity contribution is 5.95. The molecule has 1 aromatic heterocycles. The number of aromatic carboxylic acids is 1. The quantitative estimate of drug-likeness (QED) is 0.748. The number of hydrogen-bond donors (Lipinski definition) is 3. The number of aromatic nitrogens is 1. The third-order valence-corrected chi connectivity index (χ3v) is 1.87. The molecule has 1 amide bonds. The van der Waals surface area contributed by atoms with Crippen LogP contribution >= 0.6 is 0 Å². The number of carboxylic acid groups (broad SMARTS) is 1. The molecule has 18 heavy (non-hydrogen) atoms. The average molecular weight is 264 g/mol. The maximum Gasteiger partial charge on any atom is 0.471 e. The van der Waals surface area contributed by atoms with E-state index in [0.29, 0.717) is 0 Å². The minimum absolute atomic E-state index is 0.229. The van der Waals surface area contributed by atoms with Gasteiger partial charge in [-0.2, -0.15) is 13.2 Å². The molecule has 0 aromatic carbocycles. The van der Waals surface area contributed by atoms with Crippen LogP contribution < -0.4 is 5.32 Å². The number of aliphatic hydroxyl groups excluding tert-OH is 1. The second-order valence-electron chi connectivity index (χ2n) is 3.15. The Balaban J connectivity index is 3.04. The minimum atomic E-state index is -5.10. The van der Waals surface area contributed by atoms with Crippen molar-refractivity contribution >= 4 is 17.7 Å². The molecule has 1 rings (SSSR count). The fourth-order valence-electron chi connectivity index (χ4n) is 1.04. The van der Waals surface area contributed by atoms with E-state index in [1.807, 2.05) is 0 Å². The fourth-order valence-corrected chi connectivity index (χ4v) is 1.04. The van der Waals surface area contributed by atoms with Gasteiger partial charge in [-0.3, -0.25) is 4.79 Å². The highest BCUT2D eigenvalue weighted by Gasteiger charge is 2.39. The summed E-state index contributed by atoms with van der Waals surface area (Å²) in [5, 5.41) is 18.9. The van der Waals surface area contributed by atoms with Crippen LogP contribution in [0.2, 0.25) is 0 Å². The lowest BCUT2D eigenvalue weighted by Crippen LogP contribution is -2.30. The van der Waals surface area contributed by atoms with E-state index in [4.69, 9.17) is 10.2 Å². The van der Waals surface area contributed by atoms with E-state index < -0.39 is 30.5 Å². The molecule has 0 fully saturated rings. The Hall–Kier alpha value is -2.16. The molecule has 1 aromatic rings. The number of nitrogens with one attached hydrogen (secondary N) is 1. The molecular formula is C9H7F3N2O4. The van der Waals surface area contributed by atoms with Crippen LogP contribution in [0.4, 0.5) is 19.0 Å². The number of aliphatic hydroxyl groups is 1. The van der Waals surface area contributed by atoms with Crippen molar-refractivity contribution in [3.63, 3.8) is 0 Å². The fraction of sp³-hybridized carbons (Fsp3) is 0.222. The molecule has 0 saturated heterocycles. The number of anilines is 1. The van der Waals surface area contributed by atoms with Crippen molar-refractivity contribution in [3.05, 3.63) is 23.4 Å². The minimum Gasteiger partial charge on any atom is -0.478 e. The number of nitrogens with zero attached hydrogens (tertiary/aromatic N) is 1. The van der Waals surface area contributed by atoms with Gasteiger partial charge in [0.2, 0.25) is 0 Å². The summed E-state index contributed by atoms with van der Waals surface area (Å²) in [6.45, 7) is -0.762. The molecule has 9 heteroatoms. The lowest BCUT2D eigenvalue weighted by Gasteiger charge is -2.10. The van der Waals surface area contributed by atoms with Crippen LogP contribution in [0.5, 0.6) is 0 Å². The average Bonchev–Trinajstić information content (AvgIpc) is 2.27. The second-order valence-corrected chi connectivity index (χ2v) is 3.15. The summed E-state index contributed by atoms with van der Waals surface area (Å²) >= 11 is 0. The lowest BCUT2D eigenvalue weighted by molar-refractivity contribution is -0.167. The predicted octanol–water partition coefficient (Wildman–Crippen LogP) is 0.773. The smallest absolute Gasteiger partial charge is 0.471 e. The number of carbonyl (C=O) groups excluding carboxylic acids is 1. The topological polar surface area (TPSA) is 99.5 Å². The number of carbonyl (C=O) groups is 2. The maximum absolute atomic E-state index is 12.0. The predicted molar refractivity (Wildman–Crippen MR) is 51.8 cm³/mol. The van der Waals surface area contributed by atoms with Crippen molar-refractivity contribution in [2.24, 2.45) is 0 Å². The molecule has 0 unspecified atom stereocenters. The normalized spacial score (nSPS) is 11.1. The molecule has 0 aliphatic carbocycles. The van der Waals surface area contributed by atoms with Crippen LogP contribution in [0.1, 0.15) is 15.9 Å². The van der Waals surface area contributed by atoms with E-state index in [1.165, 1.54) is 5.32 Å². The number of carboxylic acids is 1. The Labute approximate surface area is 98.1 Å². The highest BCUT2D eigenvalue weighted by Crippen LogP contribution is 2.20. The highest BCUT2D eigenvalue weighted by atomic mass is 19.4. The van der Waals surface area contributed by atoms with Crippen LogP contribution in [0.3, 0.4) is 0 Å². The van der Waals surface area contributed by atoms with Crippen molar-refractivity contribution in [3.8, 4) is 0 Å². The molecule has 6 nitrogen and oxygen atoms in total. The van der Waals surface area contributed by atoms with Crippen LogP contribution in [0.15, 0.2) is 12.3 Å². The van der Waals surface area contributed by atoms with E-state index >= 15 is 0 Å². The van der Waals surface area contributed by atoms with Gasteiger partial charge in [-0.05, 0) is 6.07 Å². The second kappa shape index (κ2) is 5.00. The Bertz CT molecular complexity index is 487. The van der Waals surface area contributed by atoms with Gasteiger partial charge in [0.05, 0.1) is 12.2 Å². The van der Waals surface area contributed by atoms with Gasteiger partial charge < -0.3 is 15.5 Å². The summed E-state index contributed by atoms with van der Waals surface area (Å²) in [4.78, 5) is 24.6. The molecule has 1 heterocycles. The number of pyridine rings is 1. The van der Waals surface area contributed by atoms with Crippen molar-refractivity contribution in [2.75, 3.05) is 5.32 Å². The number of rotatable bonds is 3. The number of halogens is 3. The molecule has 0 spiro atoms. The zero-order valence-electron chi connectivity index (χ0n) is 8.65. The van der Waals surface area contributed by atoms with Crippen LogP contribution in [0.25, 0.3) is 0 Å². The van der Waals surface area contributed by atoms with Crippen molar-refractivity contribution in [1.29, 1.82) is 0 Å². The van der Waals surface area contributed by atoms with Gasteiger partial charge in [-0.15, -0.1) is 0 Å². The maximum atomic E-state index is 12.0. The summed E-state index contributed by atoms with van der Waals surface area (Å²) in [6.07, 6.45) is -4.33. The van der Waals surface area contributed by atoms with Crippen molar-refractivity contribution in [1.82, 2.24) is 4.98 Å². The molecule has 0 saturated carbocycles. The van der Waals surface area contributed by atoms with Crippen LogP contribution in [-0.2, 0) is 11.4 Å². The zero-order valence-corrected chi connectivity index (χ0v) is 8.65. The Kier molecular flexibility index (Phi) is 3.86. The van der Waals surface area contributed by atoms with Gasteiger partial charge in [0.25, 0.3) is 0 Å². The van der Waals surface area contributed by atoms with Crippen molar-refractivity contribution in [2.45, 2.75) is 12.8 Å². The Morgan fingerprint density at radius 3 is 2.44 bits per heavy atom. The third kappa shape index (κ3) is 3.17. The molecule has 0 bridgehead atoms. The third-order valence-electron chi connectivity index (χ3n) is 1.87. The van der Waals surface area contributed by atoms with Gasteiger partial charge in [-0.1, -0.05) is 0 Å². The standard InChI is InChI=1S/C9H7F3N2O4/c10-9(11,12)8(18)14-6-5(3-15)1-4(2-13-6)7(16)17/h1-2,15H,3H2,(H,16,17)(H,13,14,18). The number of amides is 1. The molecule has 98 valence electrons. The van der Waals surface area contributed by atoms with E-state index in [9.17, 15) is 22.8 Å². The van der Waals surface area contributed by atoms with E-state index in [1.54, 1.807) is 0 Å².